The van der Waals surface area contributed by atoms with Gasteiger partial charge in [-0.25, -0.2) is 14.1 Å². The molecule has 1 atom stereocenters. The highest BCUT2D eigenvalue weighted by molar-refractivity contribution is 5.77. The summed E-state index contributed by atoms with van der Waals surface area (Å²) in [6.45, 7) is 2.36. The largest absolute Gasteiger partial charge is 0.573 e. The summed E-state index contributed by atoms with van der Waals surface area (Å²) in [5, 5.41) is 4.17. The van der Waals surface area contributed by atoms with Gasteiger partial charge in [-0.3, -0.25) is 4.79 Å². The molecule has 0 radical (unpaired) electrons. The SMILES string of the molecule is Cc1nc2c(c(CF)nn2[C@H](C)c2ccc(OC(F)(F)F)cc2)c(=O)[nH]1. The molecule has 2 aromatic heterocycles. The highest BCUT2D eigenvalue weighted by Gasteiger charge is 2.31. The van der Waals surface area contributed by atoms with Crippen LogP contribution in [0.3, 0.4) is 0 Å². The summed E-state index contributed by atoms with van der Waals surface area (Å²) in [6.07, 6.45) is -4.77. The summed E-state index contributed by atoms with van der Waals surface area (Å²) in [5.41, 5.74) is 0.265. The quantitative estimate of drug-likeness (QED) is 0.715. The number of aryl methyl sites for hydroxylation is 1. The molecule has 0 amide bonds. The van der Waals surface area contributed by atoms with E-state index < -0.39 is 24.6 Å². The normalized spacial score (nSPS) is 13.2. The molecule has 1 aromatic carbocycles. The van der Waals surface area contributed by atoms with Crippen molar-refractivity contribution in [2.75, 3.05) is 0 Å². The molecule has 3 rings (SSSR count). The van der Waals surface area contributed by atoms with Gasteiger partial charge in [0, 0.05) is 0 Å². The Kier molecular flexibility index (Phi) is 4.43. The van der Waals surface area contributed by atoms with E-state index in [2.05, 4.69) is 19.8 Å². The second-order valence-electron chi connectivity index (χ2n) is 5.67. The first-order chi connectivity index (χ1) is 12.2. The van der Waals surface area contributed by atoms with Crippen molar-refractivity contribution in [1.82, 2.24) is 19.7 Å². The average molecular weight is 370 g/mol. The number of hydrogen-bond acceptors (Lipinski definition) is 4. The molecular formula is C16H14F4N4O2. The standard InChI is InChI=1S/C16H14F4N4O2/c1-8(10-3-5-11(6-4-10)26-16(18,19)20)24-14-13(12(7-17)23-24)15(25)22-9(2)21-14/h3-6,8H,7H2,1-2H3,(H,21,22,25)/t8-/m1/s1. The third kappa shape index (κ3) is 3.39. The van der Waals surface area contributed by atoms with Crippen LogP contribution in [0.4, 0.5) is 17.6 Å². The molecule has 138 valence electrons. The van der Waals surface area contributed by atoms with Gasteiger partial charge >= 0.3 is 6.36 Å². The highest BCUT2D eigenvalue weighted by atomic mass is 19.4. The molecule has 0 bridgehead atoms. The van der Waals surface area contributed by atoms with Crippen LogP contribution in [0.5, 0.6) is 5.75 Å². The van der Waals surface area contributed by atoms with Crippen LogP contribution in [0.15, 0.2) is 29.1 Å². The molecule has 26 heavy (non-hydrogen) atoms. The molecule has 0 saturated carbocycles. The molecule has 6 nitrogen and oxygen atoms in total. The molecule has 0 saturated heterocycles. The monoisotopic (exact) mass is 370 g/mol. The molecule has 10 heteroatoms. The fraction of sp³-hybridized carbons (Fsp3) is 0.312. The first kappa shape index (κ1) is 17.9. The maximum atomic E-state index is 13.2. The van der Waals surface area contributed by atoms with E-state index in [0.29, 0.717) is 11.4 Å². The third-order valence-electron chi connectivity index (χ3n) is 3.84. The topological polar surface area (TPSA) is 72.8 Å². The van der Waals surface area contributed by atoms with Crippen LogP contribution in [-0.4, -0.2) is 26.1 Å². The van der Waals surface area contributed by atoms with Gasteiger partial charge in [-0.05, 0) is 31.5 Å². The van der Waals surface area contributed by atoms with Gasteiger partial charge in [0.05, 0.1) is 6.04 Å². The predicted octanol–water partition coefficient (Wildman–Crippen LogP) is 3.41. The Bertz CT molecular complexity index is 992. The number of nitrogens with zero attached hydrogens (tertiary/aromatic N) is 3. The first-order valence-corrected chi connectivity index (χ1v) is 7.59. The Morgan fingerprint density at radius 2 is 1.92 bits per heavy atom. The molecule has 0 aliphatic rings. The van der Waals surface area contributed by atoms with E-state index in [1.165, 1.54) is 28.9 Å². The maximum Gasteiger partial charge on any atom is 0.573 e. The summed E-state index contributed by atoms with van der Waals surface area (Å²) in [6, 6.07) is 4.73. The minimum Gasteiger partial charge on any atom is -0.406 e. The van der Waals surface area contributed by atoms with Crippen LogP contribution in [-0.2, 0) is 6.67 Å². The van der Waals surface area contributed by atoms with Crippen molar-refractivity contribution in [2.24, 2.45) is 0 Å². The fourth-order valence-corrected chi connectivity index (χ4v) is 2.68. The Morgan fingerprint density at radius 1 is 1.27 bits per heavy atom. The van der Waals surface area contributed by atoms with Crippen molar-refractivity contribution in [2.45, 2.75) is 32.9 Å². The van der Waals surface area contributed by atoms with Crippen LogP contribution >= 0.6 is 0 Å². The van der Waals surface area contributed by atoms with Crippen LogP contribution in [0.25, 0.3) is 11.0 Å². The number of aromatic nitrogens is 4. The number of ether oxygens (including phenoxy) is 1. The van der Waals surface area contributed by atoms with Gasteiger partial charge in [0.15, 0.2) is 5.65 Å². The molecule has 0 aliphatic carbocycles. The minimum absolute atomic E-state index is 0.0439. The molecule has 0 aliphatic heterocycles. The van der Waals surface area contributed by atoms with Crippen molar-refractivity contribution < 1.29 is 22.3 Å². The van der Waals surface area contributed by atoms with E-state index >= 15 is 0 Å². The van der Waals surface area contributed by atoms with E-state index in [0.717, 1.165) is 0 Å². The van der Waals surface area contributed by atoms with Crippen molar-refractivity contribution in [3.8, 4) is 5.75 Å². The van der Waals surface area contributed by atoms with E-state index in [1.54, 1.807) is 13.8 Å². The lowest BCUT2D eigenvalue weighted by Gasteiger charge is -2.15. The number of rotatable bonds is 4. The van der Waals surface area contributed by atoms with E-state index in [-0.39, 0.29) is 22.5 Å². The second-order valence-corrected chi connectivity index (χ2v) is 5.67. The Morgan fingerprint density at radius 3 is 2.50 bits per heavy atom. The van der Waals surface area contributed by atoms with Gasteiger partial charge < -0.3 is 9.72 Å². The number of hydrogen-bond donors (Lipinski definition) is 1. The van der Waals surface area contributed by atoms with Crippen LogP contribution in [0.2, 0.25) is 0 Å². The van der Waals surface area contributed by atoms with Crippen molar-refractivity contribution in [3.63, 3.8) is 0 Å². The van der Waals surface area contributed by atoms with Crippen LogP contribution < -0.4 is 10.3 Å². The highest BCUT2D eigenvalue weighted by Crippen LogP contribution is 2.27. The summed E-state index contributed by atoms with van der Waals surface area (Å²) >= 11 is 0. The lowest BCUT2D eigenvalue weighted by Crippen LogP contribution is -2.17. The molecule has 0 fully saturated rings. The number of benzene rings is 1. The summed E-state index contributed by atoms with van der Waals surface area (Å²) < 4.78 is 55.2. The lowest BCUT2D eigenvalue weighted by atomic mass is 10.1. The summed E-state index contributed by atoms with van der Waals surface area (Å²) in [4.78, 5) is 18.8. The van der Waals surface area contributed by atoms with E-state index in [9.17, 15) is 22.4 Å². The van der Waals surface area contributed by atoms with Crippen molar-refractivity contribution in [3.05, 3.63) is 51.7 Å². The maximum absolute atomic E-state index is 13.2. The Balaban J connectivity index is 2.02. The van der Waals surface area contributed by atoms with Gasteiger partial charge in [0.1, 0.15) is 29.3 Å². The summed E-state index contributed by atoms with van der Waals surface area (Å²) in [5.74, 6) is -0.0104. The second kappa shape index (κ2) is 6.43. The first-order valence-electron chi connectivity index (χ1n) is 7.59. The minimum atomic E-state index is -4.77. The zero-order valence-electron chi connectivity index (χ0n) is 13.8. The number of fused-ring (bicyclic) bond motifs is 1. The van der Waals surface area contributed by atoms with Gasteiger partial charge in [0.25, 0.3) is 5.56 Å². The molecule has 0 spiro atoms. The Labute approximate surface area is 144 Å². The van der Waals surface area contributed by atoms with Crippen LogP contribution in [0.1, 0.15) is 30.0 Å². The number of alkyl halides is 4. The average Bonchev–Trinajstić information content (AvgIpc) is 2.92. The third-order valence-corrected chi connectivity index (χ3v) is 3.84. The van der Waals surface area contributed by atoms with E-state index in [1.807, 2.05) is 0 Å². The number of H-pyrrole nitrogens is 1. The smallest absolute Gasteiger partial charge is 0.406 e. The molecule has 1 N–H and O–H groups in total. The molecule has 3 aromatic rings. The van der Waals surface area contributed by atoms with Gasteiger partial charge in [0.2, 0.25) is 0 Å². The molecular weight excluding hydrogens is 356 g/mol. The number of aromatic amines is 1. The van der Waals surface area contributed by atoms with Crippen LogP contribution in [0, 0.1) is 6.92 Å². The zero-order chi connectivity index (χ0) is 19.1. The molecule has 0 unspecified atom stereocenters. The number of halogens is 4. The van der Waals surface area contributed by atoms with Gasteiger partial charge in [-0.1, -0.05) is 12.1 Å². The molecule has 2 heterocycles. The predicted molar refractivity (Wildman–Crippen MR) is 84.6 cm³/mol. The van der Waals surface area contributed by atoms with Gasteiger partial charge in [-0.15, -0.1) is 13.2 Å². The van der Waals surface area contributed by atoms with E-state index in [4.69, 9.17) is 0 Å². The zero-order valence-corrected chi connectivity index (χ0v) is 13.8. The lowest BCUT2D eigenvalue weighted by molar-refractivity contribution is -0.274. The number of nitrogens with one attached hydrogen (secondary N) is 1. The van der Waals surface area contributed by atoms with Crippen molar-refractivity contribution in [1.29, 1.82) is 0 Å². The van der Waals surface area contributed by atoms with Gasteiger partial charge in [-0.2, -0.15) is 5.10 Å². The Hall–Kier alpha value is -2.91. The fourth-order valence-electron chi connectivity index (χ4n) is 2.68. The van der Waals surface area contributed by atoms with Crippen molar-refractivity contribution >= 4 is 11.0 Å². The summed E-state index contributed by atoms with van der Waals surface area (Å²) in [7, 11) is 0.